The third kappa shape index (κ3) is 2.42. The summed E-state index contributed by atoms with van der Waals surface area (Å²) in [6.45, 7) is 5.97. The van der Waals surface area contributed by atoms with E-state index in [0.717, 1.165) is 37.2 Å². The zero-order chi connectivity index (χ0) is 12.3. The molecule has 1 aromatic heterocycles. The number of pyridine rings is 1. The number of nitrogen functional groups attached to an aromatic ring is 1. The van der Waals surface area contributed by atoms with Crippen molar-refractivity contribution in [3.63, 3.8) is 0 Å². The Morgan fingerprint density at radius 2 is 2.47 bits per heavy atom. The molecule has 0 bridgehead atoms. The molecule has 1 aromatic rings. The first-order valence-electron chi connectivity index (χ1n) is 6.24. The van der Waals surface area contributed by atoms with Crippen molar-refractivity contribution in [3.05, 3.63) is 24.0 Å². The van der Waals surface area contributed by atoms with Gasteiger partial charge in [0.25, 0.3) is 0 Å². The summed E-state index contributed by atoms with van der Waals surface area (Å²) < 4.78 is 5.92. The number of aromatic nitrogens is 1. The van der Waals surface area contributed by atoms with Gasteiger partial charge >= 0.3 is 0 Å². The van der Waals surface area contributed by atoms with Gasteiger partial charge in [0.15, 0.2) is 0 Å². The SMILES string of the molecule is CCNC(c1cnccc1N)C1(C)CCCO1. The van der Waals surface area contributed by atoms with Gasteiger partial charge in [0, 0.05) is 30.3 Å². The number of hydrogen-bond acceptors (Lipinski definition) is 4. The number of nitrogens with zero attached hydrogens (tertiary/aromatic N) is 1. The van der Waals surface area contributed by atoms with Crippen molar-refractivity contribution in [2.75, 3.05) is 18.9 Å². The van der Waals surface area contributed by atoms with E-state index in [4.69, 9.17) is 10.5 Å². The van der Waals surface area contributed by atoms with E-state index in [9.17, 15) is 0 Å². The maximum atomic E-state index is 6.04. The van der Waals surface area contributed by atoms with Gasteiger partial charge < -0.3 is 15.8 Å². The van der Waals surface area contributed by atoms with E-state index >= 15 is 0 Å². The number of anilines is 1. The highest BCUT2D eigenvalue weighted by atomic mass is 16.5. The predicted octanol–water partition coefficient (Wildman–Crippen LogP) is 1.88. The van der Waals surface area contributed by atoms with Crippen LogP contribution in [0, 0.1) is 0 Å². The molecular weight excluding hydrogens is 214 g/mol. The van der Waals surface area contributed by atoms with Crippen LogP contribution in [0.15, 0.2) is 18.5 Å². The minimum atomic E-state index is -0.173. The first kappa shape index (κ1) is 12.3. The van der Waals surface area contributed by atoms with E-state index in [2.05, 4.69) is 24.1 Å². The summed E-state index contributed by atoms with van der Waals surface area (Å²) in [7, 11) is 0. The van der Waals surface area contributed by atoms with E-state index < -0.39 is 0 Å². The number of nitrogens with one attached hydrogen (secondary N) is 1. The summed E-state index contributed by atoms with van der Waals surface area (Å²) in [5.41, 5.74) is 7.69. The molecule has 94 valence electrons. The summed E-state index contributed by atoms with van der Waals surface area (Å²) in [5.74, 6) is 0. The van der Waals surface area contributed by atoms with Crippen LogP contribution >= 0.6 is 0 Å². The van der Waals surface area contributed by atoms with E-state index in [1.165, 1.54) is 0 Å². The molecule has 3 N–H and O–H groups in total. The first-order valence-corrected chi connectivity index (χ1v) is 6.24. The van der Waals surface area contributed by atoms with Crippen LogP contribution in [0.5, 0.6) is 0 Å². The van der Waals surface area contributed by atoms with Crippen LogP contribution in [0.4, 0.5) is 5.69 Å². The lowest BCUT2D eigenvalue weighted by Crippen LogP contribution is -2.41. The highest BCUT2D eigenvalue weighted by molar-refractivity contribution is 5.47. The van der Waals surface area contributed by atoms with Gasteiger partial charge in [0.1, 0.15) is 0 Å². The molecule has 0 spiro atoms. The normalized spacial score (nSPS) is 26.0. The van der Waals surface area contributed by atoms with E-state index in [1.807, 2.05) is 12.3 Å². The lowest BCUT2D eigenvalue weighted by molar-refractivity contribution is -0.0119. The molecule has 17 heavy (non-hydrogen) atoms. The molecule has 0 aliphatic carbocycles. The summed E-state index contributed by atoms with van der Waals surface area (Å²) in [5, 5.41) is 3.48. The molecule has 4 heteroatoms. The molecule has 1 saturated heterocycles. The highest BCUT2D eigenvalue weighted by Crippen LogP contribution is 2.38. The first-order chi connectivity index (χ1) is 8.17. The van der Waals surface area contributed by atoms with Crippen LogP contribution in [0.2, 0.25) is 0 Å². The van der Waals surface area contributed by atoms with Crippen LogP contribution in [0.3, 0.4) is 0 Å². The fourth-order valence-electron chi connectivity index (χ4n) is 2.55. The summed E-state index contributed by atoms with van der Waals surface area (Å²) in [6, 6.07) is 1.96. The smallest absolute Gasteiger partial charge is 0.0850 e. The van der Waals surface area contributed by atoms with E-state index in [1.54, 1.807) is 6.20 Å². The Morgan fingerprint density at radius 1 is 1.65 bits per heavy atom. The van der Waals surface area contributed by atoms with Crippen molar-refractivity contribution in [2.24, 2.45) is 0 Å². The molecule has 0 aromatic carbocycles. The average Bonchev–Trinajstić information content (AvgIpc) is 2.75. The zero-order valence-corrected chi connectivity index (χ0v) is 10.6. The Morgan fingerprint density at radius 3 is 3.06 bits per heavy atom. The number of hydrogen-bond donors (Lipinski definition) is 2. The van der Waals surface area contributed by atoms with Gasteiger partial charge in [0.05, 0.1) is 11.6 Å². The summed E-state index contributed by atoms with van der Waals surface area (Å²) in [6.07, 6.45) is 5.73. The lowest BCUT2D eigenvalue weighted by Gasteiger charge is -2.34. The number of ether oxygens (including phenoxy) is 1. The Labute approximate surface area is 103 Å². The number of likely N-dealkylation sites (N-methyl/N-ethyl adjacent to an activating group) is 1. The fraction of sp³-hybridized carbons (Fsp3) is 0.615. The van der Waals surface area contributed by atoms with Crippen molar-refractivity contribution < 1.29 is 4.74 Å². The second kappa shape index (κ2) is 5.02. The van der Waals surface area contributed by atoms with Crippen molar-refractivity contribution in [2.45, 2.75) is 38.3 Å². The molecule has 0 radical (unpaired) electrons. The average molecular weight is 235 g/mol. The van der Waals surface area contributed by atoms with Gasteiger partial charge in [-0.25, -0.2) is 0 Å². The van der Waals surface area contributed by atoms with E-state index in [-0.39, 0.29) is 11.6 Å². The number of nitrogens with two attached hydrogens (primary N) is 1. The number of rotatable bonds is 4. The second-order valence-electron chi connectivity index (χ2n) is 4.76. The van der Waals surface area contributed by atoms with Crippen LogP contribution in [-0.2, 0) is 4.74 Å². The molecule has 1 fully saturated rings. The second-order valence-corrected chi connectivity index (χ2v) is 4.76. The van der Waals surface area contributed by atoms with Crippen LogP contribution in [0.25, 0.3) is 0 Å². The lowest BCUT2D eigenvalue weighted by atomic mass is 9.87. The molecule has 2 atom stereocenters. The summed E-state index contributed by atoms with van der Waals surface area (Å²) >= 11 is 0. The monoisotopic (exact) mass is 235 g/mol. The molecule has 2 heterocycles. The van der Waals surface area contributed by atoms with Crippen LogP contribution in [0.1, 0.15) is 38.3 Å². The molecule has 1 aliphatic rings. The van der Waals surface area contributed by atoms with Crippen LogP contribution in [-0.4, -0.2) is 23.7 Å². The highest BCUT2D eigenvalue weighted by Gasteiger charge is 2.39. The van der Waals surface area contributed by atoms with Crippen molar-refractivity contribution in [1.29, 1.82) is 0 Å². The molecule has 1 aliphatic heterocycles. The van der Waals surface area contributed by atoms with Crippen molar-refractivity contribution >= 4 is 5.69 Å². The Bertz CT molecular complexity index is 375. The third-order valence-corrected chi connectivity index (χ3v) is 3.47. The maximum Gasteiger partial charge on any atom is 0.0850 e. The quantitative estimate of drug-likeness (QED) is 0.836. The molecule has 2 unspecified atom stereocenters. The van der Waals surface area contributed by atoms with Gasteiger partial charge in [0.2, 0.25) is 0 Å². The van der Waals surface area contributed by atoms with Gasteiger partial charge in [-0.15, -0.1) is 0 Å². The summed E-state index contributed by atoms with van der Waals surface area (Å²) in [4.78, 5) is 4.18. The van der Waals surface area contributed by atoms with E-state index in [0.29, 0.717) is 0 Å². The minimum Gasteiger partial charge on any atom is -0.398 e. The van der Waals surface area contributed by atoms with Gasteiger partial charge in [-0.2, -0.15) is 0 Å². The third-order valence-electron chi connectivity index (χ3n) is 3.47. The van der Waals surface area contributed by atoms with Crippen molar-refractivity contribution in [1.82, 2.24) is 10.3 Å². The maximum absolute atomic E-state index is 6.04. The minimum absolute atomic E-state index is 0.115. The Kier molecular flexibility index (Phi) is 3.64. The zero-order valence-electron chi connectivity index (χ0n) is 10.6. The Balaban J connectivity index is 2.32. The van der Waals surface area contributed by atoms with Gasteiger partial charge in [-0.05, 0) is 32.4 Å². The van der Waals surface area contributed by atoms with Gasteiger partial charge in [-0.3, -0.25) is 4.98 Å². The molecule has 0 amide bonds. The molecule has 2 rings (SSSR count). The molecular formula is C13H21N3O. The molecule has 4 nitrogen and oxygen atoms in total. The molecule has 0 saturated carbocycles. The Hall–Kier alpha value is -1.13. The van der Waals surface area contributed by atoms with Crippen molar-refractivity contribution in [3.8, 4) is 0 Å². The van der Waals surface area contributed by atoms with Crippen LogP contribution < -0.4 is 11.1 Å². The topological polar surface area (TPSA) is 60.2 Å². The van der Waals surface area contributed by atoms with Gasteiger partial charge in [-0.1, -0.05) is 6.92 Å². The standard InChI is InChI=1S/C13H21N3O/c1-3-16-12(13(2)6-4-8-17-13)10-9-15-7-5-11(10)14/h5,7,9,12,16H,3-4,6,8H2,1-2H3,(H2,14,15). The predicted molar refractivity (Wildman–Crippen MR) is 68.7 cm³/mol. The fourth-order valence-corrected chi connectivity index (χ4v) is 2.55. The largest absolute Gasteiger partial charge is 0.398 e.